The lowest BCUT2D eigenvalue weighted by Gasteiger charge is -2.27. The Morgan fingerprint density at radius 2 is 1.54 bits per heavy atom. The number of nitrogens with zero attached hydrogens (tertiary/aromatic N) is 1. The Kier molecular flexibility index (Phi) is 15.7. The van der Waals surface area contributed by atoms with Crippen molar-refractivity contribution in [3.05, 3.63) is 35.9 Å². The monoisotopic (exact) mass is 389 g/mol. The van der Waals surface area contributed by atoms with Gasteiger partial charge in [0.15, 0.2) is 0 Å². The fraction of sp³-hybridized carbons (Fsp3) is 0.720. The molecule has 1 aliphatic rings. The van der Waals surface area contributed by atoms with Crippen molar-refractivity contribution in [1.82, 2.24) is 4.90 Å². The molecule has 1 atom stereocenters. The molecular formula is C25H43NO2. The van der Waals surface area contributed by atoms with Gasteiger partial charge < -0.3 is 0 Å². The Morgan fingerprint density at radius 1 is 1.00 bits per heavy atom. The van der Waals surface area contributed by atoms with Gasteiger partial charge in [0, 0.05) is 12.6 Å². The van der Waals surface area contributed by atoms with Crippen molar-refractivity contribution in [2.45, 2.75) is 92.7 Å². The lowest BCUT2D eigenvalue weighted by molar-refractivity contribution is -0.191. The van der Waals surface area contributed by atoms with Gasteiger partial charge in [0.05, 0.1) is 0 Å². The molecule has 1 aromatic rings. The number of carbonyl (C=O) groups excluding carboxylic acids is 2. The molecule has 28 heavy (non-hydrogen) atoms. The van der Waals surface area contributed by atoms with Crippen molar-refractivity contribution in [2.24, 2.45) is 17.8 Å². The third-order valence-corrected chi connectivity index (χ3v) is 5.67. The Bertz CT molecular complexity index is 501. The molecule has 0 aliphatic carbocycles. The number of hydrogen-bond donors (Lipinski definition) is 0. The minimum Gasteiger partial charge on any atom is -0.296 e. The van der Waals surface area contributed by atoms with E-state index in [2.05, 4.69) is 76.8 Å². The third-order valence-electron chi connectivity index (χ3n) is 5.67. The van der Waals surface area contributed by atoms with E-state index in [1.807, 2.05) is 0 Å². The van der Waals surface area contributed by atoms with E-state index in [0.29, 0.717) is 0 Å². The summed E-state index contributed by atoms with van der Waals surface area (Å²) >= 11 is 0. The molecule has 1 fully saturated rings. The van der Waals surface area contributed by atoms with E-state index in [0.717, 1.165) is 30.3 Å². The summed E-state index contributed by atoms with van der Waals surface area (Å²) in [6.45, 7) is 16.3. The van der Waals surface area contributed by atoms with Gasteiger partial charge in [-0.25, -0.2) is 0 Å². The predicted molar refractivity (Wildman–Crippen MR) is 118 cm³/mol. The average Bonchev–Trinajstić information content (AvgIpc) is 3.12. The van der Waals surface area contributed by atoms with Crippen LogP contribution in [0, 0.1) is 17.8 Å². The van der Waals surface area contributed by atoms with E-state index in [4.69, 9.17) is 9.59 Å². The highest BCUT2D eigenvalue weighted by Crippen LogP contribution is 2.25. The van der Waals surface area contributed by atoms with Crippen LogP contribution in [0.2, 0.25) is 0 Å². The van der Waals surface area contributed by atoms with Gasteiger partial charge in [-0.3, -0.25) is 4.90 Å². The molecule has 3 nitrogen and oxygen atoms in total. The normalized spacial score (nSPS) is 16.4. The van der Waals surface area contributed by atoms with Gasteiger partial charge in [0.2, 0.25) is 0 Å². The molecule has 1 unspecified atom stereocenters. The zero-order chi connectivity index (χ0) is 21.4. The molecule has 0 amide bonds. The van der Waals surface area contributed by atoms with Crippen molar-refractivity contribution in [2.75, 3.05) is 6.54 Å². The minimum atomic E-state index is 0.250. The van der Waals surface area contributed by atoms with Crippen LogP contribution < -0.4 is 0 Å². The molecule has 1 saturated heterocycles. The molecular weight excluding hydrogens is 346 g/mol. The molecule has 160 valence electrons. The summed E-state index contributed by atoms with van der Waals surface area (Å²) in [6.07, 6.45) is 8.54. The fourth-order valence-corrected chi connectivity index (χ4v) is 4.17. The molecule has 0 spiro atoms. The Morgan fingerprint density at radius 3 is 1.96 bits per heavy atom. The van der Waals surface area contributed by atoms with Crippen molar-refractivity contribution >= 4 is 6.15 Å². The van der Waals surface area contributed by atoms with Crippen LogP contribution in [-0.2, 0) is 16.1 Å². The van der Waals surface area contributed by atoms with Gasteiger partial charge in [-0.15, -0.1) is 0 Å². The number of benzene rings is 1. The van der Waals surface area contributed by atoms with E-state index in [-0.39, 0.29) is 6.15 Å². The summed E-state index contributed by atoms with van der Waals surface area (Å²) in [4.78, 5) is 18.9. The van der Waals surface area contributed by atoms with Gasteiger partial charge in [-0.1, -0.05) is 97.6 Å². The third kappa shape index (κ3) is 11.4. The van der Waals surface area contributed by atoms with Crippen LogP contribution in [0.5, 0.6) is 0 Å². The largest absolute Gasteiger partial charge is 0.373 e. The van der Waals surface area contributed by atoms with Gasteiger partial charge >= 0.3 is 6.15 Å². The topological polar surface area (TPSA) is 37.4 Å². The maximum Gasteiger partial charge on any atom is 0.373 e. The van der Waals surface area contributed by atoms with Crippen LogP contribution in [0.25, 0.3) is 0 Å². The molecule has 0 aromatic heterocycles. The average molecular weight is 390 g/mol. The second-order valence-electron chi connectivity index (χ2n) is 8.57. The Hall–Kier alpha value is -1.44. The summed E-state index contributed by atoms with van der Waals surface area (Å²) < 4.78 is 0. The summed E-state index contributed by atoms with van der Waals surface area (Å²) in [5.74, 6) is 2.66. The van der Waals surface area contributed by atoms with Crippen LogP contribution >= 0.6 is 0 Å². The van der Waals surface area contributed by atoms with Crippen LogP contribution in [-0.4, -0.2) is 23.6 Å². The van der Waals surface area contributed by atoms with Gasteiger partial charge in [0.25, 0.3) is 0 Å². The first-order valence-corrected chi connectivity index (χ1v) is 11.2. The molecule has 0 radical (unpaired) electrons. The summed E-state index contributed by atoms with van der Waals surface area (Å²) in [5.41, 5.74) is 1.45. The zero-order valence-corrected chi connectivity index (χ0v) is 19.1. The van der Waals surface area contributed by atoms with Crippen molar-refractivity contribution in [3.63, 3.8) is 0 Å². The maximum atomic E-state index is 8.12. The zero-order valence-electron chi connectivity index (χ0n) is 19.1. The summed E-state index contributed by atoms with van der Waals surface area (Å²) in [6, 6.07) is 11.6. The lowest BCUT2D eigenvalue weighted by Crippen LogP contribution is -2.32. The van der Waals surface area contributed by atoms with Crippen molar-refractivity contribution in [1.29, 1.82) is 0 Å². The molecule has 0 bridgehead atoms. The first-order chi connectivity index (χ1) is 13.4. The second-order valence-corrected chi connectivity index (χ2v) is 8.57. The Labute approximate surface area is 173 Å². The first-order valence-electron chi connectivity index (χ1n) is 11.2. The summed E-state index contributed by atoms with van der Waals surface area (Å²) in [7, 11) is 0. The smallest absolute Gasteiger partial charge is 0.296 e. The molecule has 1 aliphatic heterocycles. The van der Waals surface area contributed by atoms with Crippen molar-refractivity contribution in [3.8, 4) is 0 Å². The van der Waals surface area contributed by atoms with E-state index in [9.17, 15) is 0 Å². The highest BCUT2D eigenvalue weighted by Gasteiger charge is 2.26. The van der Waals surface area contributed by atoms with Crippen LogP contribution in [0.15, 0.2) is 30.3 Å². The highest BCUT2D eigenvalue weighted by molar-refractivity contribution is 5.20. The molecule has 2 rings (SSSR count). The predicted octanol–water partition coefficient (Wildman–Crippen LogP) is 6.58. The van der Waals surface area contributed by atoms with E-state index in [1.165, 1.54) is 50.6 Å². The number of likely N-dealkylation sites (tertiary alicyclic amines) is 1. The Balaban J connectivity index is 0.000000489. The number of hydrogen-bond acceptors (Lipinski definition) is 3. The standard InChI is InChI=1S/C14H21N.C10H22.CO2/c1-12(2)14-9-6-10-15(14)11-13-7-4-3-5-8-13;1-5-7-10(8-6-2)9(3)4;2-1-3/h3-5,7-8,12,14H,6,9-11H2,1-2H3;9-10H,5-8H2,1-4H3;. The quantitative estimate of drug-likeness (QED) is 0.504. The van der Waals surface area contributed by atoms with Gasteiger partial charge in [0.1, 0.15) is 0 Å². The molecule has 0 saturated carbocycles. The van der Waals surface area contributed by atoms with E-state index >= 15 is 0 Å². The fourth-order valence-electron chi connectivity index (χ4n) is 4.17. The number of rotatable bonds is 8. The summed E-state index contributed by atoms with van der Waals surface area (Å²) in [5, 5.41) is 0. The molecule has 1 aromatic carbocycles. The van der Waals surface area contributed by atoms with Crippen molar-refractivity contribution < 1.29 is 9.59 Å². The molecule has 0 N–H and O–H groups in total. The minimum absolute atomic E-state index is 0.250. The molecule has 1 heterocycles. The van der Waals surface area contributed by atoms with Crippen LogP contribution in [0.1, 0.15) is 85.6 Å². The maximum absolute atomic E-state index is 8.12. The second kappa shape index (κ2) is 16.5. The van der Waals surface area contributed by atoms with Gasteiger partial charge in [-0.2, -0.15) is 9.59 Å². The van der Waals surface area contributed by atoms with Crippen LogP contribution in [0.4, 0.5) is 0 Å². The van der Waals surface area contributed by atoms with Gasteiger partial charge in [-0.05, 0) is 42.7 Å². The first kappa shape index (κ1) is 26.6. The van der Waals surface area contributed by atoms with E-state index < -0.39 is 0 Å². The lowest BCUT2D eigenvalue weighted by atomic mass is 9.88. The highest BCUT2D eigenvalue weighted by atomic mass is 16.2. The molecule has 3 heteroatoms. The van der Waals surface area contributed by atoms with Crippen LogP contribution in [0.3, 0.4) is 0 Å². The SMILES string of the molecule is CC(C)C1CCCN1Cc1ccccc1.CCCC(CCC)C(C)C.O=C=O. The van der Waals surface area contributed by atoms with E-state index in [1.54, 1.807) is 0 Å².